The minimum absolute atomic E-state index is 0.314. The number of hydrogen-bond acceptors (Lipinski definition) is 3. The van der Waals surface area contributed by atoms with Crippen molar-refractivity contribution in [3.63, 3.8) is 0 Å². The van der Waals surface area contributed by atoms with Crippen LogP contribution in [0.5, 0.6) is 0 Å². The molecule has 0 spiro atoms. The molecule has 1 aromatic rings. The van der Waals surface area contributed by atoms with Crippen LogP contribution >= 0.6 is 0 Å². The number of imidazole rings is 1. The van der Waals surface area contributed by atoms with E-state index >= 15 is 0 Å². The highest BCUT2D eigenvalue weighted by molar-refractivity contribution is 6.00. The Kier molecular flexibility index (Phi) is 3.77. The molecule has 82 valence electrons. The van der Waals surface area contributed by atoms with Crippen molar-refractivity contribution < 1.29 is 0 Å². The fourth-order valence-electron chi connectivity index (χ4n) is 1.36. The Hall–Kier alpha value is -1.45. The van der Waals surface area contributed by atoms with E-state index < -0.39 is 0 Å². The Morgan fingerprint density at radius 1 is 1.67 bits per heavy atom. The third-order valence-corrected chi connectivity index (χ3v) is 2.21. The molecule has 0 aromatic carbocycles. The van der Waals surface area contributed by atoms with Gasteiger partial charge in [0.15, 0.2) is 5.82 Å². The third kappa shape index (κ3) is 2.32. The minimum atomic E-state index is 0.314. The SMILES string of the molecule is CC=Nc1c(C(=N)CC)ncn1C(C)C. The summed E-state index contributed by atoms with van der Waals surface area (Å²) in [5.41, 5.74) is 1.24. The third-order valence-electron chi connectivity index (χ3n) is 2.21. The summed E-state index contributed by atoms with van der Waals surface area (Å²) in [6, 6.07) is 0.314. The van der Waals surface area contributed by atoms with Gasteiger partial charge < -0.3 is 9.98 Å². The van der Waals surface area contributed by atoms with Gasteiger partial charge in [0.1, 0.15) is 5.69 Å². The number of aliphatic imine (C=N–C) groups is 1. The van der Waals surface area contributed by atoms with Crippen LogP contribution in [0.15, 0.2) is 11.3 Å². The molecule has 1 rings (SSSR count). The molecule has 0 amide bonds. The summed E-state index contributed by atoms with van der Waals surface area (Å²) in [6.07, 6.45) is 4.18. The standard InChI is InChI=1S/C11H18N4/c1-5-9(12)10-11(13-6-2)15(7-14-10)8(3)4/h6-8,12H,5H2,1-4H3. The molecule has 1 aromatic heterocycles. The van der Waals surface area contributed by atoms with Gasteiger partial charge in [0.2, 0.25) is 0 Å². The second-order valence-electron chi connectivity index (χ2n) is 3.64. The van der Waals surface area contributed by atoms with Gasteiger partial charge in [0, 0.05) is 12.3 Å². The number of nitrogens with zero attached hydrogens (tertiary/aromatic N) is 3. The van der Waals surface area contributed by atoms with Crippen LogP contribution in [0, 0.1) is 5.41 Å². The number of nitrogens with one attached hydrogen (secondary N) is 1. The largest absolute Gasteiger partial charge is 0.313 e. The van der Waals surface area contributed by atoms with Gasteiger partial charge in [-0.1, -0.05) is 6.92 Å². The van der Waals surface area contributed by atoms with Gasteiger partial charge in [-0.05, 0) is 27.2 Å². The van der Waals surface area contributed by atoms with Crippen LogP contribution in [-0.2, 0) is 0 Å². The lowest BCUT2D eigenvalue weighted by Crippen LogP contribution is -2.01. The Morgan fingerprint density at radius 3 is 2.80 bits per heavy atom. The van der Waals surface area contributed by atoms with E-state index in [1.165, 1.54) is 0 Å². The Morgan fingerprint density at radius 2 is 2.33 bits per heavy atom. The molecule has 0 radical (unpaired) electrons. The second kappa shape index (κ2) is 4.87. The molecule has 0 saturated heterocycles. The van der Waals surface area contributed by atoms with Gasteiger partial charge in [-0.3, -0.25) is 0 Å². The second-order valence-corrected chi connectivity index (χ2v) is 3.64. The first-order valence-electron chi connectivity index (χ1n) is 5.25. The van der Waals surface area contributed by atoms with E-state index in [-0.39, 0.29) is 0 Å². The van der Waals surface area contributed by atoms with Crippen molar-refractivity contribution in [3.8, 4) is 0 Å². The van der Waals surface area contributed by atoms with Gasteiger partial charge in [-0.2, -0.15) is 0 Å². The summed E-state index contributed by atoms with van der Waals surface area (Å²) in [5, 5.41) is 7.80. The fraction of sp³-hybridized carbons (Fsp3) is 0.545. The highest BCUT2D eigenvalue weighted by atomic mass is 15.1. The Balaban J connectivity index is 3.23. The first-order valence-corrected chi connectivity index (χ1v) is 5.25. The lowest BCUT2D eigenvalue weighted by Gasteiger charge is -2.09. The van der Waals surface area contributed by atoms with Crippen LogP contribution < -0.4 is 0 Å². The van der Waals surface area contributed by atoms with Crippen molar-refractivity contribution in [2.45, 2.75) is 40.2 Å². The molecule has 4 heteroatoms. The quantitative estimate of drug-likeness (QED) is 0.756. The van der Waals surface area contributed by atoms with Crippen molar-refractivity contribution in [3.05, 3.63) is 12.0 Å². The van der Waals surface area contributed by atoms with Crippen LogP contribution in [0.1, 0.15) is 45.9 Å². The average Bonchev–Trinajstić information content (AvgIpc) is 2.61. The molecule has 0 aliphatic heterocycles. The number of hydrogen-bond donors (Lipinski definition) is 1. The highest BCUT2D eigenvalue weighted by Crippen LogP contribution is 2.23. The maximum absolute atomic E-state index is 7.80. The lowest BCUT2D eigenvalue weighted by molar-refractivity contribution is 0.603. The lowest BCUT2D eigenvalue weighted by atomic mass is 10.2. The maximum atomic E-state index is 7.80. The van der Waals surface area contributed by atoms with Crippen LogP contribution in [0.2, 0.25) is 0 Å². The highest BCUT2D eigenvalue weighted by Gasteiger charge is 2.14. The van der Waals surface area contributed by atoms with Crippen LogP contribution in [-0.4, -0.2) is 21.5 Å². The molecule has 0 bridgehead atoms. The normalized spacial score (nSPS) is 11.5. The molecular formula is C11H18N4. The zero-order chi connectivity index (χ0) is 11.4. The number of rotatable bonds is 4. The predicted octanol–water partition coefficient (Wildman–Crippen LogP) is 2.96. The van der Waals surface area contributed by atoms with Crippen molar-refractivity contribution in [2.75, 3.05) is 0 Å². The molecule has 0 unspecified atom stereocenters. The first-order chi connectivity index (χ1) is 7.11. The van der Waals surface area contributed by atoms with Crippen molar-refractivity contribution in [1.29, 1.82) is 5.41 Å². The molecule has 1 N–H and O–H groups in total. The molecule has 0 aliphatic rings. The van der Waals surface area contributed by atoms with Crippen molar-refractivity contribution in [1.82, 2.24) is 9.55 Å². The van der Waals surface area contributed by atoms with Crippen molar-refractivity contribution >= 4 is 17.7 Å². The van der Waals surface area contributed by atoms with Gasteiger partial charge in [0.25, 0.3) is 0 Å². The van der Waals surface area contributed by atoms with Gasteiger partial charge in [-0.25, -0.2) is 9.98 Å². The maximum Gasteiger partial charge on any atom is 0.161 e. The number of aromatic nitrogens is 2. The zero-order valence-electron chi connectivity index (χ0n) is 9.78. The molecular weight excluding hydrogens is 188 g/mol. The van der Waals surface area contributed by atoms with E-state index in [1.807, 2.05) is 18.4 Å². The van der Waals surface area contributed by atoms with E-state index in [0.29, 0.717) is 23.9 Å². The minimum Gasteiger partial charge on any atom is -0.313 e. The predicted molar refractivity (Wildman–Crippen MR) is 63.6 cm³/mol. The first kappa shape index (κ1) is 11.6. The molecule has 1 heterocycles. The monoisotopic (exact) mass is 206 g/mol. The summed E-state index contributed by atoms with van der Waals surface area (Å²) in [7, 11) is 0. The molecule has 4 nitrogen and oxygen atoms in total. The summed E-state index contributed by atoms with van der Waals surface area (Å²) < 4.78 is 1.99. The molecule has 0 atom stereocenters. The summed E-state index contributed by atoms with van der Waals surface area (Å²) in [5.74, 6) is 0.791. The smallest absolute Gasteiger partial charge is 0.161 e. The van der Waals surface area contributed by atoms with Gasteiger partial charge >= 0.3 is 0 Å². The van der Waals surface area contributed by atoms with E-state index in [1.54, 1.807) is 12.5 Å². The van der Waals surface area contributed by atoms with Gasteiger partial charge in [0.05, 0.1) is 12.0 Å². The Bertz CT molecular complexity index is 374. The molecule has 0 saturated carbocycles. The Labute approximate surface area is 90.6 Å². The van der Waals surface area contributed by atoms with Crippen LogP contribution in [0.3, 0.4) is 0 Å². The average molecular weight is 206 g/mol. The van der Waals surface area contributed by atoms with Crippen molar-refractivity contribution in [2.24, 2.45) is 4.99 Å². The topological polar surface area (TPSA) is 54.0 Å². The summed E-state index contributed by atoms with van der Waals surface area (Å²) >= 11 is 0. The molecule has 0 aliphatic carbocycles. The zero-order valence-corrected chi connectivity index (χ0v) is 9.78. The fourth-order valence-corrected chi connectivity index (χ4v) is 1.36. The molecule has 15 heavy (non-hydrogen) atoms. The summed E-state index contributed by atoms with van der Waals surface area (Å²) in [6.45, 7) is 7.98. The van der Waals surface area contributed by atoms with Crippen LogP contribution in [0.25, 0.3) is 0 Å². The van der Waals surface area contributed by atoms with E-state index in [0.717, 1.165) is 5.82 Å². The summed E-state index contributed by atoms with van der Waals surface area (Å²) in [4.78, 5) is 8.54. The van der Waals surface area contributed by atoms with E-state index in [9.17, 15) is 0 Å². The van der Waals surface area contributed by atoms with E-state index in [4.69, 9.17) is 5.41 Å². The van der Waals surface area contributed by atoms with Gasteiger partial charge in [-0.15, -0.1) is 0 Å². The van der Waals surface area contributed by atoms with E-state index in [2.05, 4.69) is 23.8 Å². The molecule has 0 fully saturated rings. The van der Waals surface area contributed by atoms with Crippen LogP contribution in [0.4, 0.5) is 5.82 Å².